The van der Waals surface area contributed by atoms with Crippen molar-refractivity contribution in [3.05, 3.63) is 64.7 Å². The molecular formula is C22H18N2O. The van der Waals surface area contributed by atoms with Crippen LogP contribution >= 0.6 is 0 Å². The molecule has 0 heterocycles. The second-order valence-corrected chi connectivity index (χ2v) is 5.98. The summed E-state index contributed by atoms with van der Waals surface area (Å²) < 4.78 is 0. The molecule has 0 radical (unpaired) electrons. The molecule has 0 aliphatic rings. The van der Waals surface area contributed by atoms with Crippen LogP contribution in [0.15, 0.2) is 42.5 Å². The molecule has 0 aliphatic carbocycles. The van der Waals surface area contributed by atoms with Crippen LogP contribution in [0.5, 0.6) is 5.75 Å². The Morgan fingerprint density at radius 1 is 0.800 bits per heavy atom. The van der Waals surface area contributed by atoms with Crippen LogP contribution in [0.4, 0.5) is 0 Å². The fourth-order valence-electron chi connectivity index (χ4n) is 3.17. The zero-order valence-electron chi connectivity index (χ0n) is 14.3. The normalized spacial score (nSPS) is 10.4. The fraction of sp³-hybridized carbons (Fsp3) is 0.182. The molecule has 0 aliphatic heterocycles. The Bertz CT molecular complexity index is 1040. The van der Waals surface area contributed by atoms with Crippen LogP contribution in [-0.4, -0.2) is 5.11 Å². The first-order valence-electron chi connectivity index (χ1n) is 8.35. The predicted molar refractivity (Wildman–Crippen MR) is 99.2 cm³/mol. The highest BCUT2D eigenvalue weighted by molar-refractivity contribution is 6.04. The van der Waals surface area contributed by atoms with Crippen molar-refractivity contribution in [1.29, 1.82) is 10.5 Å². The second-order valence-electron chi connectivity index (χ2n) is 5.98. The molecule has 3 nitrogen and oxygen atoms in total. The Balaban J connectivity index is 2.45. The van der Waals surface area contributed by atoms with Gasteiger partial charge in [0.05, 0.1) is 5.56 Å². The molecule has 3 aromatic rings. The van der Waals surface area contributed by atoms with Crippen LogP contribution < -0.4 is 0 Å². The quantitative estimate of drug-likeness (QED) is 0.729. The highest BCUT2D eigenvalue weighted by Gasteiger charge is 2.20. The van der Waals surface area contributed by atoms with E-state index in [1.807, 2.05) is 55.5 Å². The molecule has 0 bridgehead atoms. The molecule has 3 aromatic carbocycles. The van der Waals surface area contributed by atoms with Crippen molar-refractivity contribution >= 4 is 10.8 Å². The highest BCUT2D eigenvalue weighted by Crippen LogP contribution is 2.40. The first-order chi connectivity index (χ1) is 12.1. The van der Waals surface area contributed by atoms with Gasteiger partial charge in [-0.3, -0.25) is 0 Å². The van der Waals surface area contributed by atoms with Crippen molar-refractivity contribution in [2.24, 2.45) is 0 Å². The molecule has 0 saturated heterocycles. The van der Waals surface area contributed by atoms with Crippen molar-refractivity contribution in [1.82, 2.24) is 0 Å². The number of hydrogen-bond donors (Lipinski definition) is 1. The minimum Gasteiger partial charge on any atom is -0.506 e. The van der Waals surface area contributed by atoms with E-state index in [-0.39, 0.29) is 16.9 Å². The van der Waals surface area contributed by atoms with Gasteiger partial charge in [-0.05, 0) is 41.0 Å². The number of nitriles is 2. The summed E-state index contributed by atoms with van der Waals surface area (Å²) >= 11 is 0. The summed E-state index contributed by atoms with van der Waals surface area (Å²) in [5, 5.41) is 31.1. The van der Waals surface area contributed by atoms with Crippen molar-refractivity contribution in [2.75, 3.05) is 0 Å². The molecular weight excluding hydrogens is 308 g/mol. The van der Waals surface area contributed by atoms with Gasteiger partial charge in [0.1, 0.15) is 23.5 Å². The Kier molecular flexibility index (Phi) is 4.42. The maximum Gasteiger partial charge on any atom is 0.142 e. The summed E-state index contributed by atoms with van der Waals surface area (Å²) in [4.78, 5) is 0. The third-order valence-corrected chi connectivity index (χ3v) is 4.63. The molecule has 3 rings (SSSR count). The third kappa shape index (κ3) is 2.71. The number of nitrogens with zero attached hydrogens (tertiary/aromatic N) is 2. The van der Waals surface area contributed by atoms with E-state index in [0.717, 1.165) is 29.4 Å². The zero-order chi connectivity index (χ0) is 18.0. The van der Waals surface area contributed by atoms with Crippen LogP contribution in [0.25, 0.3) is 21.9 Å². The lowest BCUT2D eigenvalue weighted by Gasteiger charge is -2.14. The number of phenolic OH excluding ortho intramolecular Hbond substituents is 1. The summed E-state index contributed by atoms with van der Waals surface area (Å²) in [5.74, 6) is -0.113. The number of rotatable bonds is 3. The standard InChI is InChI=1S/C22H18N2O/c1-3-14-5-8-16(9-6-14)21-17-10-7-15(4-2)11-18(17)22(25)20(13-24)19(21)12-23/h5-11,25H,3-4H2,1-2H3. The molecule has 1 N–H and O–H groups in total. The minimum atomic E-state index is -0.113. The van der Waals surface area contributed by atoms with Crippen LogP contribution in [0.1, 0.15) is 36.1 Å². The largest absolute Gasteiger partial charge is 0.506 e. The average Bonchev–Trinajstić information content (AvgIpc) is 2.67. The van der Waals surface area contributed by atoms with E-state index in [9.17, 15) is 15.6 Å². The summed E-state index contributed by atoms with van der Waals surface area (Å²) in [6.45, 7) is 4.13. The van der Waals surface area contributed by atoms with E-state index in [0.29, 0.717) is 10.9 Å². The minimum absolute atomic E-state index is 0.0396. The Labute approximate surface area is 147 Å². The third-order valence-electron chi connectivity index (χ3n) is 4.63. The molecule has 25 heavy (non-hydrogen) atoms. The van der Waals surface area contributed by atoms with Gasteiger partial charge in [0.2, 0.25) is 0 Å². The van der Waals surface area contributed by atoms with Crippen LogP contribution in [-0.2, 0) is 12.8 Å². The lowest BCUT2D eigenvalue weighted by Crippen LogP contribution is -1.95. The van der Waals surface area contributed by atoms with E-state index in [1.54, 1.807) is 0 Å². The van der Waals surface area contributed by atoms with Gasteiger partial charge in [0, 0.05) is 10.9 Å². The van der Waals surface area contributed by atoms with Crippen molar-refractivity contribution < 1.29 is 5.11 Å². The highest BCUT2D eigenvalue weighted by atomic mass is 16.3. The van der Waals surface area contributed by atoms with E-state index >= 15 is 0 Å². The average molecular weight is 326 g/mol. The zero-order valence-corrected chi connectivity index (χ0v) is 14.3. The number of benzene rings is 3. The number of aromatic hydroxyl groups is 1. The van der Waals surface area contributed by atoms with Gasteiger partial charge in [0.25, 0.3) is 0 Å². The van der Waals surface area contributed by atoms with Crippen molar-refractivity contribution in [2.45, 2.75) is 26.7 Å². The second kappa shape index (κ2) is 6.67. The fourth-order valence-corrected chi connectivity index (χ4v) is 3.17. The lowest BCUT2D eigenvalue weighted by atomic mass is 9.88. The van der Waals surface area contributed by atoms with Gasteiger partial charge in [-0.15, -0.1) is 0 Å². The van der Waals surface area contributed by atoms with E-state index in [1.165, 1.54) is 5.56 Å². The van der Waals surface area contributed by atoms with E-state index in [4.69, 9.17) is 0 Å². The number of phenols is 1. The number of hydrogen-bond acceptors (Lipinski definition) is 3. The maximum absolute atomic E-state index is 10.6. The molecule has 0 aromatic heterocycles. The van der Waals surface area contributed by atoms with Gasteiger partial charge in [-0.2, -0.15) is 10.5 Å². The monoisotopic (exact) mass is 326 g/mol. The maximum atomic E-state index is 10.6. The molecule has 0 amide bonds. The van der Waals surface area contributed by atoms with Gasteiger partial charge in [-0.25, -0.2) is 0 Å². The number of aryl methyl sites for hydroxylation is 2. The van der Waals surface area contributed by atoms with E-state index < -0.39 is 0 Å². The van der Waals surface area contributed by atoms with Crippen molar-refractivity contribution in [3.63, 3.8) is 0 Å². The molecule has 0 spiro atoms. The molecule has 3 heteroatoms. The Morgan fingerprint density at radius 3 is 1.96 bits per heavy atom. The summed E-state index contributed by atoms with van der Waals surface area (Å²) in [6, 6.07) is 18.0. The number of fused-ring (bicyclic) bond motifs is 1. The lowest BCUT2D eigenvalue weighted by molar-refractivity contribution is 0.480. The van der Waals surface area contributed by atoms with Crippen LogP contribution in [0, 0.1) is 22.7 Å². The molecule has 0 atom stereocenters. The first kappa shape index (κ1) is 16.6. The molecule has 0 saturated carbocycles. The van der Waals surface area contributed by atoms with Crippen LogP contribution in [0.3, 0.4) is 0 Å². The molecule has 0 fully saturated rings. The summed E-state index contributed by atoms with van der Waals surface area (Å²) in [5.41, 5.74) is 4.12. The predicted octanol–water partition coefficient (Wildman–Crippen LogP) is 5.08. The summed E-state index contributed by atoms with van der Waals surface area (Å²) in [6.07, 6.45) is 1.77. The smallest absolute Gasteiger partial charge is 0.142 e. The Morgan fingerprint density at radius 2 is 1.40 bits per heavy atom. The Hall–Kier alpha value is -3.30. The van der Waals surface area contributed by atoms with E-state index in [2.05, 4.69) is 13.0 Å². The van der Waals surface area contributed by atoms with Gasteiger partial charge >= 0.3 is 0 Å². The van der Waals surface area contributed by atoms with Crippen LogP contribution in [0.2, 0.25) is 0 Å². The first-order valence-corrected chi connectivity index (χ1v) is 8.35. The SMILES string of the molecule is CCc1ccc(-c2c(C#N)c(C#N)c(O)c3cc(CC)ccc23)cc1. The van der Waals surface area contributed by atoms with Gasteiger partial charge in [0.15, 0.2) is 0 Å². The van der Waals surface area contributed by atoms with Gasteiger partial charge < -0.3 is 5.11 Å². The molecule has 0 unspecified atom stereocenters. The topological polar surface area (TPSA) is 67.8 Å². The molecule has 122 valence electrons. The summed E-state index contributed by atoms with van der Waals surface area (Å²) in [7, 11) is 0. The van der Waals surface area contributed by atoms with Crippen molar-refractivity contribution in [3.8, 4) is 29.0 Å². The van der Waals surface area contributed by atoms with Gasteiger partial charge in [-0.1, -0.05) is 50.2 Å².